The average molecular weight is 417 g/mol. The zero-order valence-corrected chi connectivity index (χ0v) is 13.8. The number of amides is 2. The zero-order valence-electron chi connectivity index (χ0n) is 10.6. The molecular weight excluding hydrogens is 402 g/mol. The number of hydrogen-bond donors (Lipinski definition) is 1. The number of carbonyl (C=O) groups is 3. The number of aliphatic carboxylic acids is 1. The summed E-state index contributed by atoms with van der Waals surface area (Å²) in [5.74, 6) is -1.47. The molecular formula is C11H15Br2NO6. The summed E-state index contributed by atoms with van der Waals surface area (Å²) in [7, 11) is 0. The summed E-state index contributed by atoms with van der Waals surface area (Å²) in [4.78, 5) is 33.7. The molecule has 2 atom stereocenters. The van der Waals surface area contributed by atoms with Crippen LogP contribution in [0.25, 0.3) is 0 Å². The Morgan fingerprint density at radius 2 is 1.55 bits per heavy atom. The van der Waals surface area contributed by atoms with Crippen molar-refractivity contribution in [3.63, 3.8) is 0 Å². The Morgan fingerprint density at radius 1 is 1.05 bits per heavy atom. The molecule has 114 valence electrons. The van der Waals surface area contributed by atoms with E-state index in [9.17, 15) is 14.4 Å². The van der Waals surface area contributed by atoms with Crippen LogP contribution in [0.4, 0.5) is 0 Å². The minimum atomic E-state index is -0.911. The molecule has 1 N–H and O–H groups in total. The van der Waals surface area contributed by atoms with Crippen LogP contribution in [0, 0.1) is 0 Å². The predicted molar refractivity (Wildman–Crippen MR) is 76.0 cm³/mol. The number of hydrogen-bond acceptors (Lipinski definition) is 5. The molecule has 0 aromatic carbocycles. The third-order valence-corrected chi connectivity index (χ3v) is 5.10. The van der Waals surface area contributed by atoms with Crippen LogP contribution in [0.1, 0.15) is 6.42 Å². The minimum absolute atomic E-state index is 0.0456. The summed E-state index contributed by atoms with van der Waals surface area (Å²) in [6.45, 7) is 1.11. The molecule has 20 heavy (non-hydrogen) atoms. The summed E-state index contributed by atoms with van der Waals surface area (Å²) < 4.78 is 10.2. The minimum Gasteiger partial charge on any atom is -0.481 e. The number of nitrogens with zero attached hydrogens (tertiary/aromatic N) is 1. The first-order valence-electron chi connectivity index (χ1n) is 5.95. The quantitative estimate of drug-likeness (QED) is 0.332. The maximum absolute atomic E-state index is 11.7. The third-order valence-electron chi connectivity index (χ3n) is 2.55. The first kappa shape index (κ1) is 17.5. The van der Waals surface area contributed by atoms with Gasteiger partial charge in [-0.2, -0.15) is 0 Å². The molecule has 0 aromatic rings. The predicted octanol–water partition coefficient (Wildman–Crippen LogP) is 0.390. The van der Waals surface area contributed by atoms with E-state index in [-0.39, 0.29) is 51.2 Å². The first-order chi connectivity index (χ1) is 9.45. The van der Waals surface area contributed by atoms with Gasteiger partial charge in [-0.25, -0.2) is 0 Å². The van der Waals surface area contributed by atoms with Crippen molar-refractivity contribution in [1.82, 2.24) is 4.90 Å². The fourth-order valence-corrected chi connectivity index (χ4v) is 2.46. The van der Waals surface area contributed by atoms with E-state index in [1.807, 2.05) is 0 Å². The molecule has 1 heterocycles. The van der Waals surface area contributed by atoms with Crippen LogP contribution in [-0.4, -0.2) is 70.4 Å². The van der Waals surface area contributed by atoms with Crippen LogP contribution in [0.5, 0.6) is 0 Å². The van der Waals surface area contributed by atoms with E-state index in [4.69, 9.17) is 14.6 Å². The average Bonchev–Trinajstić information content (AvgIpc) is 2.58. The van der Waals surface area contributed by atoms with Crippen molar-refractivity contribution in [1.29, 1.82) is 0 Å². The van der Waals surface area contributed by atoms with E-state index in [1.165, 1.54) is 0 Å². The first-order valence-corrected chi connectivity index (χ1v) is 7.79. The maximum atomic E-state index is 11.7. The lowest BCUT2D eigenvalue weighted by atomic mass is 10.4. The van der Waals surface area contributed by atoms with Gasteiger partial charge in [0.25, 0.3) is 0 Å². The number of likely N-dealkylation sites (tertiary alicyclic amines) is 1. The fraction of sp³-hybridized carbons (Fsp3) is 0.727. The van der Waals surface area contributed by atoms with Gasteiger partial charge in [0.05, 0.1) is 39.4 Å². The lowest BCUT2D eigenvalue weighted by molar-refractivity contribution is -0.139. The highest BCUT2D eigenvalue weighted by molar-refractivity contribution is 9.12. The highest BCUT2D eigenvalue weighted by Gasteiger charge is 2.44. The van der Waals surface area contributed by atoms with Crippen LogP contribution in [-0.2, 0) is 23.9 Å². The molecule has 0 aromatic heterocycles. The van der Waals surface area contributed by atoms with Crippen LogP contribution in [0.15, 0.2) is 0 Å². The van der Waals surface area contributed by atoms with Gasteiger partial charge in [-0.3, -0.25) is 19.3 Å². The summed E-state index contributed by atoms with van der Waals surface area (Å²) in [5.41, 5.74) is 0. The Balaban J connectivity index is 2.08. The molecule has 1 saturated heterocycles. The van der Waals surface area contributed by atoms with Crippen molar-refractivity contribution in [3.05, 3.63) is 0 Å². The lowest BCUT2D eigenvalue weighted by Gasteiger charge is -2.14. The summed E-state index contributed by atoms with van der Waals surface area (Å²) in [6.07, 6.45) is -0.0456. The van der Waals surface area contributed by atoms with Crippen LogP contribution < -0.4 is 0 Å². The fourth-order valence-electron chi connectivity index (χ4n) is 1.51. The molecule has 9 heteroatoms. The van der Waals surface area contributed by atoms with Gasteiger partial charge in [0.1, 0.15) is 9.65 Å². The van der Waals surface area contributed by atoms with Gasteiger partial charge in [0, 0.05) is 0 Å². The molecule has 7 nitrogen and oxygen atoms in total. The summed E-state index contributed by atoms with van der Waals surface area (Å²) in [5, 5.41) is 8.38. The monoisotopic (exact) mass is 415 g/mol. The molecule has 0 saturated carbocycles. The number of alkyl halides is 2. The molecule has 1 aliphatic heterocycles. The van der Waals surface area contributed by atoms with E-state index in [2.05, 4.69) is 31.9 Å². The molecule has 0 aliphatic carbocycles. The van der Waals surface area contributed by atoms with E-state index in [0.29, 0.717) is 0 Å². The Kier molecular flexibility index (Phi) is 7.63. The summed E-state index contributed by atoms with van der Waals surface area (Å²) in [6, 6.07) is 0. The molecule has 2 amide bonds. The maximum Gasteiger partial charge on any atom is 0.305 e. The van der Waals surface area contributed by atoms with Gasteiger partial charge in [0.2, 0.25) is 11.8 Å². The second-order valence-electron chi connectivity index (χ2n) is 4.00. The number of carbonyl (C=O) groups excluding carboxylic acids is 2. The molecule has 1 rings (SSSR count). The molecule has 0 bridgehead atoms. The summed E-state index contributed by atoms with van der Waals surface area (Å²) >= 11 is 6.29. The zero-order chi connectivity index (χ0) is 15.1. The number of carboxylic acids is 1. The van der Waals surface area contributed by atoms with E-state index in [1.54, 1.807) is 0 Å². The second-order valence-corrected chi connectivity index (χ2v) is 5.97. The molecule has 0 spiro atoms. The highest BCUT2D eigenvalue weighted by Crippen LogP contribution is 2.26. The van der Waals surface area contributed by atoms with Gasteiger partial charge in [0.15, 0.2) is 0 Å². The lowest BCUT2D eigenvalue weighted by Crippen LogP contribution is -2.34. The van der Waals surface area contributed by atoms with Crippen molar-refractivity contribution in [2.24, 2.45) is 0 Å². The van der Waals surface area contributed by atoms with Crippen molar-refractivity contribution in [3.8, 4) is 0 Å². The van der Waals surface area contributed by atoms with E-state index in [0.717, 1.165) is 4.90 Å². The van der Waals surface area contributed by atoms with E-state index >= 15 is 0 Å². The normalized spacial score (nSPS) is 22.6. The van der Waals surface area contributed by atoms with Crippen molar-refractivity contribution < 1.29 is 29.0 Å². The Bertz CT molecular complexity index is 358. The molecule has 2 unspecified atom stereocenters. The van der Waals surface area contributed by atoms with Gasteiger partial charge < -0.3 is 14.6 Å². The van der Waals surface area contributed by atoms with Gasteiger partial charge in [-0.05, 0) is 0 Å². The second kappa shape index (κ2) is 8.71. The number of rotatable bonds is 9. The Labute approximate surface area is 132 Å². The van der Waals surface area contributed by atoms with Crippen molar-refractivity contribution >= 4 is 49.6 Å². The number of carboxylic acid groups (broad SMARTS) is 1. The van der Waals surface area contributed by atoms with Crippen LogP contribution in [0.3, 0.4) is 0 Å². The van der Waals surface area contributed by atoms with Crippen molar-refractivity contribution in [2.75, 3.05) is 33.0 Å². The molecule has 1 fully saturated rings. The Morgan fingerprint density at radius 3 is 2.05 bits per heavy atom. The molecule has 0 radical (unpaired) electrons. The standard InChI is InChI=1S/C11H15Br2NO6/c12-8-9(13)11(18)14(10(8)17)2-4-20-6-5-19-3-1-7(15)16/h8-9H,1-6H2,(H,15,16). The van der Waals surface area contributed by atoms with Gasteiger partial charge in [-0.15, -0.1) is 0 Å². The van der Waals surface area contributed by atoms with Crippen LogP contribution >= 0.6 is 31.9 Å². The largest absolute Gasteiger partial charge is 0.481 e. The smallest absolute Gasteiger partial charge is 0.305 e. The highest BCUT2D eigenvalue weighted by atomic mass is 79.9. The third kappa shape index (κ3) is 5.12. The topological polar surface area (TPSA) is 93.1 Å². The molecule has 1 aliphatic rings. The number of ether oxygens (including phenoxy) is 2. The number of halogens is 2. The SMILES string of the molecule is O=C(O)CCOCCOCCN1C(=O)C(Br)C(Br)C1=O. The van der Waals surface area contributed by atoms with E-state index < -0.39 is 15.6 Å². The number of imide groups is 1. The Hall–Kier alpha value is -0.510. The van der Waals surface area contributed by atoms with Crippen LogP contribution in [0.2, 0.25) is 0 Å². The van der Waals surface area contributed by atoms with Gasteiger partial charge in [-0.1, -0.05) is 31.9 Å². The van der Waals surface area contributed by atoms with Crippen molar-refractivity contribution in [2.45, 2.75) is 16.1 Å². The van der Waals surface area contributed by atoms with Gasteiger partial charge >= 0.3 is 5.97 Å².